The third-order valence-corrected chi connectivity index (χ3v) is 3.16. The molecule has 110 valence electrons. The number of carbonyl (C=O) groups excluding carboxylic acids is 1. The number of hydrogen-bond donors (Lipinski definition) is 1. The number of amides is 1. The monoisotopic (exact) mass is 303 g/mol. The molecule has 0 unspecified atom stereocenters. The minimum atomic E-state index is -0.249. The highest BCUT2D eigenvalue weighted by molar-refractivity contribution is 6.34. The van der Waals surface area contributed by atoms with Crippen molar-refractivity contribution in [1.82, 2.24) is 0 Å². The van der Waals surface area contributed by atoms with Gasteiger partial charge in [-0.1, -0.05) is 49.7 Å². The van der Waals surface area contributed by atoms with Gasteiger partial charge in [-0.2, -0.15) is 0 Å². The molecule has 0 aliphatic heterocycles. The number of hydrogen-bond acceptors (Lipinski definition) is 2. The molecule has 0 radical (unpaired) electrons. The van der Waals surface area contributed by atoms with Crippen LogP contribution in [0.15, 0.2) is 48.5 Å². The molecule has 2 aromatic carbocycles. The van der Waals surface area contributed by atoms with Crippen LogP contribution in [-0.4, -0.2) is 12.5 Å². The lowest BCUT2D eigenvalue weighted by Gasteiger charge is -2.14. The predicted octanol–water partition coefficient (Wildman–Crippen LogP) is 4.63. The third-order valence-electron chi connectivity index (χ3n) is 2.83. The van der Waals surface area contributed by atoms with Crippen molar-refractivity contribution in [1.29, 1.82) is 0 Å². The van der Waals surface area contributed by atoms with E-state index in [0.29, 0.717) is 34.5 Å². The van der Waals surface area contributed by atoms with E-state index in [0.717, 1.165) is 0 Å². The average Bonchev–Trinajstić information content (AvgIpc) is 2.46. The van der Waals surface area contributed by atoms with Gasteiger partial charge < -0.3 is 10.1 Å². The summed E-state index contributed by atoms with van der Waals surface area (Å²) in [5, 5.41) is 3.27. The Morgan fingerprint density at radius 1 is 1.14 bits per heavy atom. The van der Waals surface area contributed by atoms with E-state index in [1.807, 2.05) is 24.3 Å². The molecule has 1 N–H and O–H groups in total. The van der Waals surface area contributed by atoms with Gasteiger partial charge >= 0.3 is 0 Å². The number of anilines is 1. The van der Waals surface area contributed by atoms with Gasteiger partial charge in [0.2, 0.25) is 0 Å². The molecule has 4 heteroatoms. The fraction of sp³-hybridized carbons (Fsp3) is 0.235. The van der Waals surface area contributed by atoms with Gasteiger partial charge in [-0.25, -0.2) is 0 Å². The molecule has 0 aromatic heterocycles. The summed E-state index contributed by atoms with van der Waals surface area (Å²) >= 11 is 6.04. The van der Waals surface area contributed by atoms with E-state index in [-0.39, 0.29) is 5.91 Å². The van der Waals surface area contributed by atoms with Crippen LogP contribution in [0, 0.1) is 5.92 Å². The Labute approximate surface area is 129 Å². The van der Waals surface area contributed by atoms with Crippen LogP contribution in [0.1, 0.15) is 24.2 Å². The van der Waals surface area contributed by atoms with Crippen molar-refractivity contribution in [3.05, 3.63) is 59.1 Å². The Hall–Kier alpha value is -2.00. The normalized spacial score (nSPS) is 10.5. The standard InChI is InChI=1S/C17H18ClNO2/c1-12(2)11-21-16-10-6-5-9-15(16)19-17(20)13-7-3-4-8-14(13)18/h3-10,12H,11H2,1-2H3,(H,19,20). The van der Waals surface area contributed by atoms with Gasteiger partial charge in [0.1, 0.15) is 5.75 Å². The SMILES string of the molecule is CC(C)COc1ccccc1NC(=O)c1ccccc1Cl. The maximum Gasteiger partial charge on any atom is 0.257 e. The zero-order valence-corrected chi connectivity index (χ0v) is 12.9. The summed E-state index contributed by atoms with van der Waals surface area (Å²) in [6.07, 6.45) is 0. The van der Waals surface area contributed by atoms with Crippen LogP contribution in [0.25, 0.3) is 0 Å². The molecule has 3 nitrogen and oxygen atoms in total. The van der Waals surface area contributed by atoms with E-state index in [9.17, 15) is 4.79 Å². The van der Waals surface area contributed by atoms with Crippen LogP contribution in [0.2, 0.25) is 5.02 Å². The lowest BCUT2D eigenvalue weighted by atomic mass is 10.2. The number of carbonyl (C=O) groups is 1. The Kier molecular flexibility index (Phi) is 5.23. The molecule has 0 saturated carbocycles. The molecule has 21 heavy (non-hydrogen) atoms. The molecule has 0 spiro atoms. The van der Waals surface area contributed by atoms with Gasteiger partial charge in [-0.3, -0.25) is 4.79 Å². The first kappa shape index (κ1) is 15.4. The topological polar surface area (TPSA) is 38.3 Å². The maximum atomic E-state index is 12.3. The van der Waals surface area contributed by atoms with E-state index in [1.165, 1.54) is 0 Å². The molecule has 0 bridgehead atoms. The number of nitrogens with one attached hydrogen (secondary N) is 1. The van der Waals surface area contributed by atoms with Gasteiger partial charge in [0.25, 0.3) is 5.91 Å². The van der Waals surface area contributed by atoms with Gasteiger partial charge in [-0.15, -0.1) is 0 Å². The summed E-state index contributed by atoms with van der Waals surface area (Å²) in [5.41, 5.74) is 1.08. The zero-order chi connectivity index (χ0) is 15.2. The number of ether oxygens (including phenoxy) is 1. The number of para-hydroxylation sites is 2. The minimum absolute atomic E-state index is 0.249. The van der Waals surface area contributed by atoms with Crippen molar-refractivity contribution in [2.45, 2.75) is 13.8 Å². The summed E-state index contributed by atoms with van der Waals surface area (Å²) in [6.45, 7) is 4.74. The summed E-state index contributed by atoms with van der Waals surface area (Å²) in [7, 11) is 0. The van der Waals surface area contributed by atoms with Gasteiger partial charge in [0.05, 0.1) is 22.9 Å². The third kappa shape index (κ3) is 4.23. The molecule has 0 fully saturated rings. The second kappa shape index (κ2) is 7.14. The van der Waals surface area contributed by atoms with Crippen molar-refractivity contribution >= 4 is 23.2 Å². The van der Waals surface area contributed by atoms with Crippen LogP contribution in [0.4, 0.5) is 5.69 Å². The second-order valence-corrected chi connectivity index (χ2v) is 5.54. The first-order valence-corrected chi connectivity index (χ1v) is 7.23. The molecule has 0 atom stereocenters. The quantitative estimate of drug-likeness (QED) is 0.874. The molecule has 2 rings (SSSR count). The van der Waals surface area contributed by atoms with Crippen molar-refractivity contribution in [2.24, 2.45) is 5.92 Å². The molecule has 0 aliphatic carbocycles. The number of rotatable bonds is 5. The molecule has 0 aliphatic rings. The predicted molar refractivity (Wildman–Crippen MR) is 86.2 cm³/mol. The average molecular weight is 304 g/mol. The van der Waals surface area contributed by atoms with E-state index in [1.54, 1.807) is 24.3 Å². The van der Waals surface area contributed by atoms with E-state index in [2.05, 4.69) is 19.2 Å². The van der Waals surface area contributed by atoms with Crippen molar-refractivity contribution < 1.29 is 9.53 Å². The fourth-order valence-electron chi connectivity index (χ4n) is 1.79. The molecule has 0 saturated heterocycles. The van der Waals surface area contributed by atoms with Crippen LogP contribution >= 0.6 is 11.6 Å². The molecular weight excluding hydrogens is 286 g/mol. The summed E-state index contributed by atoms with van der Waals surface area (Å²) < 4.78 is 5.72. The highest BCUT2D eigenvalue weighted by Crippen LogP contribution is 2.26. The van der Waals surface area contributed by atoms with E-state index >= 15 is 0 Å². The highest BCUT2D eigenvalue weighted by Gasteiger charge is 2.12. The Morgan fingerprint density at radius 2 is 1.81 bits per heavy atom. The van der Waals surface area contributed by atoms with Gasteiger partial charge in [-0.05, 0) is 30.2 Å². The first-order chi connectivity index (χ1) is 10.1. The lowest BCUT2D eigenvalue weighted by Crippen LogP contribution is -2.14. The maximum absolute atomic E-state index is 12.3. The van der Waals surface area contributed by atoms with Crippen LogP contribution < -0.4 is 10.1 Å². The highest BCUT2D eigenvalue weighted by atomic mass is 35.5. The van der Waals surface area contributed by atoms with Gasteiger partial charge in [0.15, 0.2) is 0 Å². The summed E-state index contributed by atoms with van der Waals surface area (Å²) in [5.74, 6) is 0.824. The molecular formula is C17H18ClNO2. The lowest BCUT2D eigenvalue weighted by molar-refractivity contribution is 0.102. The molecule has 1 amide bonds. The smallest absolute Gasteiger partial charge is 0.257 e. The van der Waals surface area contributed by atoms with Crippen molar-refractivity contribution in [3.8, 4) is 5.75 Å². The Bertz CT molecular complexity index is 626. The molecule has 2 aromatic rings. The van der Waals surface area contributed by atoms with Crippen LogP contribution in [-0.2, 0) is 0 Å². The van der Waals surface area contributed by atoms with Crippen molar-refractivity contribution in [2.75, 3.05) is 11.9 Å². The van der Waals surface area contributed by atoms with Crippen LogP contribution in [0.5, 0.6) is 5.75 Å². The summed E-state index contributed by atoms with van der Waals surface area (Å²) in [6, 6.07) is 14.3. The number of halogens is 1. The van der Waals surface area contributed by atoms with Gasteiger partial charge in [0, 0.05) is 0 Å². The van der Waals surface area contributed by atoms with E-state index in [4.69, 9.17) is 16.3 Å². The molecule has 0 heterocycles. The minimum Gasteiger partial charge on any atom is -0.491 e. The van der Waals surface area contributed by atoms with Crippen LogP contribution in [0.3, 0.4) is 0 Å². The largest absolute Gasteiger partial charge is 0.491 e. The first-order valence-electron chi connectivity index (χ1n) is 6.85. The number of benzene rings is 2. The Balaban J connectivity index is 2.16. The van der Waals surface area contributed by atoms with E-state index < -0.39 is 0 Å². The summed E-state index contributed by atoms with van der Waals surface area (Å²) in [4.78, 5) is 12.3. The Morgan fingerprint density at radius 3 is 2.52 bits per heavy atom. The van der Waals surface area contributed by atoms with Crippen molar-refractivity contribution in [3.63, 3.8) is 0 Å². The second-order valence-electron chi connectivity index (χ2n) is 5.13. The fourth-order valence-corrected chi connectivity index (χ4v) is 2.01. The zero-order valence-electron chi connectivity index (χ0n) is 12.1.